The second-order valence-corrected chi connectivity index (χ2v) is 10.3. The van der Waals surface area contributed by atoms with Gasteiger partial charge in [0.1, 0.15) is 0 Å². The molecule has 1 saturated heterocycles. The molecule has 0 radical (unpaired) electrons. The van der Waals surface area contributed by atoms with Crippen LogP contribution in [0.1, 0.15) is 48.3 Å². The first-order chi connectivity index (χ1) is 16.0. The summed E-state index contributed by atoms with van der Waals surface area (Å²) < 4.78 is 7.82. The number of carbonyl (C=O) groups excluding carboxylic acids is 1. The van der Waals surface area contributed by atoms with E-state index in [1.807, 2.05) is 12.3 Å². The van der Waals surface area contributed by atoms with Crippen molar-refractivity contribution >= 4 is 21.8 Å². The van der Waals surface area contributed by atoms with E-state index in [0.717, 1.165) is 60.9 Å². The lowest BCUT2D eigenvalue weighted by Crippen LogP contribution is -2.47. The number of carbonyl (C=O) groups is 1. The minimum atomic E-state index is -0.153. The molecule has 1 aromatic carbocycles. The normalized spacial score (nSPS) is 20.6. The third-order valence-electron chi connectivity index (χ3n) is 6.81. The quantitative estimate of drug-likeness (QED) is 0.518. The number of ether oxygens (including phenoxy) is 1. The molecule has 1 N–H and O–H groups in total. The average molecular weight is 516 g/mol. The molecule has 0 bridgehead atoms. The Morgan fingerprint density at radius 2 is 2.00 bits per heavy atom. The summed E-state index contributed by atoms with van der Waals surface area (Å²) in [6, 6.07) is 10.5. The summed E-state index contributed by atoms with van der Waals surface area (Å²) in [5.41, 5.74) is 3.38. The van der Waals surface area contributed by atoms with Gasteiger partial charge in [-0.1, -0.05) is 22.0 Å². The van der Waals surface area contributed by atoms with E-state index in [1.165, 1.54) is 5.56 Å². The van der Waals surface area contributed by atoms with E-state index in [9.17, 15) is 9.59 Å². The molecule has 2 atom stereocenters. The molecule has 4 rings (SSSR count). The summed E-state index contributed by atoms with van der Waals surface area (Å²) in [7, 11) is 3.49. The number of rotatable bonds is 9. The van der Waals surface area contributed by atoms with Gasteiger partial charge >= 0.3 is 0 Å². The number of methoxy groups -OCH3 is 1. The van der Waals surface area contributed by atoms with Crippen LogP contribution in [0.25, 0.3) is 0 Å². The average Bonchev–Trinajstić information content (AvgIpc) is 3.64. The van der Waals surface area contributed by atoms with Crippen molar-refractivity contribution in [3.05, 3.63) is 68.0 Å². The number of aromatic nitrogens is 1. The Balaban J connectivity index is 1.54. The summed E-state index contributed by atoms with van der Waals surface area (Å²) in [6.45, 7) is 2.89. The molecule has 1 aromatic heterocycles. The zero-order valence-corrected chi connectivity index (χ0v) is 21.1. The van der Waals surface area contributed by atoms with Crippen LogP contribution in [-0.2, 0) is 29.5 Å². The van der Waals surface area contributed by atoms with Crippen molar-refractivity contribution in [3.63, 3.8) is 0 Å². The van der Waals surface area contributed by atoms with Gasteiger partial charge in [0.2, 0.25) is 5.91 Å². The Kier molecular flexibility index (Phi) is 8.04. The number of halogens is 1. The highest BCUT2D eigenvalue weighted by atomic mass is 79.9. The molecule has 1 aliphatic heterocycles. The summed E-state index contributed by atoms with van der Waals surface area (Å²) in [5, 5.41) is 3.42. The molecule has 178 valence electrons. The molecule has 1 amide bonds. The molecule has 2 heterocycles. The highest BCUT2D eigenvalue weighted by molar-refractivity contribution is 9.10. The van der Waals surface area contributed by atoms with Crippen molar-refractivity contribution in [2.24, 2.45) is 13.0 Å². The van der Waals surface area contributed by atoms with Crippen LogP contribution < -0.4 is 10.9 Å². The van der Waals surface area contributed by atoms with Crippen molar-refractivity contribution < 1.29 is 9.53 Å². The molecular formula is C26H34BrN3O3. The lowest BCUT2D eigenvalue weighted by Gasteiger charge is -2.35. The molecule has 33 heavy (non-hydrogen) atoms. The number of benzene rings is 1. The van der Waals surface area contributed by atoms with Crippen molar-refractivity contribution in [1.82, 2.24) is 14.8 Å². The van der Waals surface area contributed by atoms with Crippen molar-refractivity contribution in [1.29, 1.82) is 0 Å². The van der Waals surface area contributed by atoms with Crippen LogP contribution in [0.5, 0.6) is 0 Å². The smallest absolute Gasteiger partial charge is 0.250 e. The first-order valence-corrected chi connectivity index (χ1v) is 12.7. The van der Waals surface area contributed by atoms with Gasteiger partial charge in [0, 0.05) is 56.6 Å². The maximum absolute atomic E-state index is 13.9. The zero-order chi connectivity index (χ0) is 23.4. The fourth-order valence-electron chi connectivity index (χ4n) is 4.87. The molecule has 2 aromatic rings. The van der Waals surface area contributed by atoms with E-state index in [4.69, 9.17) is 4.74 Å². The first-order valence-electron chi connectivity index (χ1n) is 11.9. The molecule has 1 aliphatic carbocycles. The predicted molar refractivity (Wildman–Crippen MR) is 133 cm³/mol. The fourth-order valence-corrected chi connectivity index (χ4v) is 5.46. The zero-order valence-electron chi connectivity index (χ0n) is 19.6. The van der Waals surface area contributed by atoms with E-state index in [-0.39, 0.29) is 23.3 Å². The molecule has 6 nitrogen and oxygen atoms in total. The minimum Gasteiger partial charge on any atom is -0.385 e. The van der Waals surface area contributed by atoms with Gasteiger partial charge in [0.15, 0.2) is 0 Å². The maximum Gasteiger partial charge on any atom is 0.250 e. The second-order valence-electron chi connectivity index (χ2n) is 9.38. The fraction of sp³-hybridized carbons (Fsp3) is 0.538. The third-order valence-corrected chi connectivity index (χ3v) is 7.27. The number of pyridine rings is 1. The number of hydrogen-bond donors (Lipinski definition) is 1. The molecular weight excluding hydrogens is 482 g/mol. The lowest BCUT2D eigenvalue weighted by molar-refractivity contribution is -0.138. The number of aryl methyl sites for hydroxylation is 2. The molecule has 0 spiro atoms. The third kappa shape index (κ3) is 6.14. The van der Waals surface area contributed by atoms with Crippen LogP contribution in [0.3, 0.4) is 0 Å². The largest absolute Gasteiger partial charge is 0.385 e. The Bertz CT molecular complexity index is 1030. The number of hydrogen-bond acceptors (Lipinski definition) is 4. The number of nitrogens with one attached hydrogen (secondary N) is 1. The number of amides is 1. The topological polar surface area (TPSA) is 63.6 Å². The van der Waals surface area contributed by atoms with Crippen LogP contribution >= 0.6 is 15.9 Å². The van der Waals surface area contributed by atoms with Gasteiger partial charge < -0.3 is 19.5 Å². The maximum atomic E-state index is 13.9. The Labute approximate surface area is 204 Å². The Morgan fingerprint density at radius 1 is 1.21 bits per heavy atom. The minimum absolute atomic E-state index is 0.0218. The van der Waals surface area contributed by atoms with Crippen LogP contribution in [0.15, 0.2) is 45.8 Å². The van der Waals surface area contributed by atoms with Crippen LogP contribution in [-0.4, -0.2) is 48.2 Å². The summed E-state index contributed by atoms with van der Waals surface area (Å²) >= 11 is 3.65. The Hall–Kier alpha value is -1.96. The predicted octanol–water partition coefficient (Wildman–Crippen LogP) is 3.61. The second kappa shape index (κ2) is 11.0. The monoisotopic (exact) mass is 515 g/mol. The van der Waals surface area contributed by atoms with E-state index in [2.05, 4.69) is 44.3 Å². The summed E-state index contributed by atoms with van der Waals surface area (Å²) in [5.74, 6) is 0.122. The van der Waals surface area contributed by atoms with Gasteiger partial charge in [0.05, 0.1) is 5.92 Å². The van der Waals surface area contributed by atoms with Crippen LogP contribution in [0.2, 0.25) is 0 Å². The summed E-state index contributed by atoms with van der Waals surface area (Å²) in [6.07, 6.45) is 6.74. The molecule has 2 fully saturated rings. The van der Waals surface area contributed by atoms with Gasteiger partial charge in [-0.05, 0) is 79.5 Å². The van der Waals surface area contributed by atoms with Crippen LogP contribution in [0, 0.1) is 5.92 Å². The highest BCUT2D eigenvalue weighted by Gasteiger charge is 2.40. The molecule has 1 saturated carbocycles. The van der Waals surface area contributed by atoms with Gasteiger partial charge in [-0.2, -0.15) is 0 Å². The molecule has 2 unspecified atom stereocenters. The number of piperidine rings is 1. The van der Waals surface area contributed by atoms with Gasteiger partial charge in [-0.15, -0.1) is 0 Å². The molecule has 2 aliphatic rings. The van der Waals surface area contributed by atoms with Crippen molar-refractivity contribution in [2.45, 2.75) is 50.6 Å². The van der Waals surface area contributed by atoms with Crippen molar-refractivity contribution in [2.75, 3.05) is 26.8 Å². The molecule has 7 heteroatoms. The van der Waals surface area contributed by atoms with Crippen molar-refractivity contribution in [3.8, 4) is 0 Å². The van der Waals surface area contributed by atoms with E-state index < -0.39 is 0 Å². The lowest BCUT2D eigenvalue weighted by atomic mass is 9.80. The van der Waals surface area contributed by atoms with E-state index in [0.29, 0.717) is 19.1 Å². The standard InChI is InChI=1S/C26H34BrN3O3/c1-29-10-8-20(15-25(29)31)23-7-9-28-16-24(23)26(32)30(22-5-6-22)17-19-12-18(4-3-11-33-2)13-21(27)14-19/h8,10,12-15,22-24,28H,3-7,9,11,16-17H2,1-2H3. The van der Waals surface area contributed by atoms with Gasteiger partial charge in [-0.25, -0.2) is 0 Å². The SMILES string of the molecule is COCCCc1cc(Br)cc(CN(C(=O)C2CNCCC2c2ccn(C)c(=O)c2)C2CC2)c1. The highest BCUT2D eigenvalue weighted by Crippen LogP contribution is 2.36. The Morgan fingerprint density at radius 3 is 2.73 bits per heavy atom. The van der Waals surface area contributed by atoms with Gasteiger partial charge in [0.25, 0.3) is 5.56 Å². The van der Waals surface area contributed by atoms with Gasteiger partial charge in [-0.3, -0.25) is 9.59 Å². The first kappa shape index (κ1) is 24.2. The van der Waals surface area contributed by atoms with E-state index in [1.54, 1.807) is 24.8 Å². The summed E-state index contributed by atoms with van der Waals surface area (Å²) in [4.78, 5) is 28.2. The van der Waals surface area contributed by atoms with Crippen LogP contribution in [0.4, 0.5) is 0 Å². The van der Waals surface area contributed by atoms with E-state index >= 15 is 0 Å². The number of nitrogens with zero attached hydrogens (tertiary/aromatic N) is 2.